The summed E-state index contributed by atoms with van der Waals surface area (Å²) in [6.07, 6.45) is 6.08. The molecule has 0 spiro atoms. The molecule has 0 saturated heterocycles. The van der Waals surface area contributed by atoms with Gasteiger partial charge in [0.25, 0.3) is 0 Å². The Morgan fingerprint density at radius 3 is 2.61 bits per heavy atom. The minimum absolute atomic E-state index is 0.507. The van der Waals surface area contributed by atoms with Gasteiger partial charge in [0.1, 0.15) is 17.5 Å². The highest BCUT2D eigenvalue weighted by Crippen LogP contribution is 2.30. The summed E-state index contributed by atoms with van der Waals surface area (Å²) in [4.78, 5) is 9.06. The van der Waals surface area contributed by atoms with Crippen LogP contribution in [0.15, 0.2) is 6.07 Å². The summed E-state index contributed by atoms with van der Waals surface area (Å²) in [5.41, 5.74) is 0. The summed E-state index contributed by atoms with van der Waals surface area (Å²) in [7, 11) is 1.90. The van der Waals surface area contributed by atoms with Crippen molar-refractivity contribution in [3.05, 3.63) is 11.9 Å². The van der Waals surface area contributed by atoms with Gasteiger partial charge in [0.15, 0.2) is 0 Å². The summed E-state index contributed by atoms with van der Waals surface area (Å²) in [6.45, 7) is 4.41. The standard InChI is InChI=1S/C14H24N4/c1-4-6-12-17-13(15-3)9-14(18-12)16-10(2)11-7-5-8-11/h9-11H,4-8H2,1-3H3,(H2,15,16,17,18). The Balaban J connectivity index is 2.07. The first-order chi connectivity index (χ1) is 8.72. The second kappa shape index (κ2) is 6.03. The van der Waals surface area contributed by atoms with Crippen LogP contribution < -0.4 is 10.6 Å². The van der Waals surface area contributed by atoms with Crippen LogP contribution in [0.5, 0.6) is 0 Å². The highest BCUT2D eigenvalue weighted by molar-refractivity contribution is 5.47. The number of nitrogens with zero attached hydrogens (tertiary/aromatic N) is 2. The monoisotopic (exact) mass is 248 g/mol. The van der Waals surface area contributed by atoms with E-state index in [2.05, 4.69) is 34.4 Å². The fourth-order valence-electron chi connectivity index (χ4n) is 2.33. The molecule has 0 amide bonds. The summed E-state index contributed by atoms with van der Waals surface area (Å²) in [5, 5.41) is 6.63. The Morgan fingerprint density at radius 2 is 2.06 bits per heavy atom. The smallest absolute Gasteiger partial charge is 0.133 e. The molecular weight excluding hydrogens is 224 g/mol. The maximum absolute atomic E-state index is 4.59. The van der Waals surface area contributed by atoms with E-state index in [0.29, 0.717) is 6.04 Å². The van der Waals surface area contributed by atoms with Crippen molar-refractivity contribution in [1.29, 1.82) is 0 Å². The summed E-state index contributed by atoms with van der Waals surface area (Å²) in [6, 6.07) is 2.50. The second-order valence-corrected chi connectivity index (χ2v) is 5.18. The van der Waals surface area contributed by atoms with Crippen molar-refractivity contribution in [2.45, 2.75) is 52.0 Å². The van der Waals surface area contributed by atoms with Crippen molar-refractivity contribution in [2.24, 2.45) is 5.92 Å². The highest BCUT2D eigenvalue weighted by Gasteiger charge is 2.24. The molecule has 1 aromatic rings. The third-order valence-electron chi connectivity index (χ3n) is 3.73. The van der Waals surface area contributed by atoms with E-state index in [4.69, 9.17) is 0 Å². The predicted octanol–water partition coefficient (Wildman–Crippen LogP) is 3.07. The molecule has 1 fully saturated rings. The van der Waals surface area contributed by atoms with Crippen LogP contribution in [-0.4, -0.2) is 23.1 Å². The van der Waals surface area contributed by atoms with Crippen LogP contribution in [0.2, 0.25) is 0 Å². The van der Waals surface area contributed by atoms with Gasteiger partial charge in [-0.15, -0.1) is 0 Å². The quantitative estimate of drug-likeness (QED) is 0.812. The lowest BCUT2D eigenvalue weighted by atomic mass is 9.80. The van der Waals surface area contributed by atoms with Gasteiger partial charge in [0.05, 0.1) is 0 Å². The Hall–Kier alpha value is -1.32. The largest absolute Gasteiger partial charge is 0.373 e. The van der Waals surface area contributed by atoms with Crippen LogP contribution in [0, 0.1) is 5.92 Å². The Labute approximate surface area is 110 Å². The molecule has 1 unspecified atom stereocenters. The first kappa shape index (κ1) is 13.1. The average molecular weight is 248 g/mol. The van der Waals surface area contributed by atoms with Crippen molar-refractivity contribution < 1.29 is 0 Å². The number of nitrogens with one attached hydrogen (secondary N) is 2. The van der Waals surface area contributed by atoms with Crippen molar-refractivity contribution in [2.75, 3.05) is 17.7 Å². The molecule has 1 heterocycles. The molecular formula is C14H24N4. The third-order valence-corrected chi connectivity index (χ3v) is 3.73. The minimum Gasteiger partial charge on any atom is -0.373 e. The van der Waals surface area contributed by atoms with E-state index in [-0.39, 0.29) is 0 Å². The van der Waals surface area contributed by atoms with Crippen LogP contribution in [0.1, 0.15) is 45.4 Å². The van der Waals surface area contributed by atoms with E-state index < -0.39 is 0 Å². The van der Waals surface area contributed by atoms with Crippen molar-refractivity contribution in [3.63, 3.8) is 0 Å². The topological polar surface area (TPSA) is 49.8 Å². The normalized spacial score (nSPS) is 17.1. The number of aromatic nitrogens is 2. The zero-order valence-corrected chi connectivity index (χ0v) is 11.7. The second-order valence-electron chi connectivity index (χ2n) is 5.18. The van der Waals surface area contributed by atoms with Crippen molar-refractivity contribution in [1.82, 2.24) is 9.97 Å². The van der Waals surface area contributed by atoms with Gasteiger partial charge in [0, 0.05) is 25.6 Å². The molecule has 4 nitrogen and oxygen atoms in total. The molecule has 18 heavy (non-hydrogen) atoms. The third kappa shape index (κ3) is 3.12. The van der Waals surface area contributed by atoms with Gasteiger partial charge < -0.3 is 10.6 Å². The Kier molecular flexibility index (Phi) is 4.39. The SMILES string of the molecule is CCCc1nc(NC)cc(NC(C)C2CCC2)n1. The summed E-state index contributed by atoms with van der Waals surface area (Å²) >= 11 is 0. The zero-order valence-electron chi connectivity index (χ0n) is 11.7. The van der Waals surface area contributed by atoms with Crippen LogP contribution in [0.4, 0.5) is 11.6 Å². The first-order valence-electron chi connectivity index (χ1n) is 7.05. The fourth-order valence-corrected chi connectivity index (χ4v) is 2.33. The van der Waals surface area contributed by atoms with Crippen LogP contribution in [0.25, 0.3) is 0 Å². The van der Waals surface area contributed by atoms with Gasteiger partial charge in [0.2, 0.25) is 0 Å². The van der Waals surface area contributed by atoms with Crippen molar-refractivity contribution >= 4 is 11.6 Å². The van der Waals surface area contributed by atoms with Crippen LogP contribution in [0.3, 0.4) is 0 Å². The maximum Gasteiger partial charge on any atom is 0.133 e. The van der Waals surface area contributed by atoms with E-state index in [1.54, 1.807) is 0 Å². The zero-order chi connectivity index (χ0) is 13.0. The van der Waals surface area contributed by atoms with Crippen molar-refractivity contribution in [3.8, 4) is 0 Å². The molecule has 4 heteroatoms. The predicted molar refractivity (Wildman–Crippen MR) is 76.0 cm³/mol. The molecule has 1 aliphatic rings. The molecule has 1 saturated carbocycles. The van der Waals surface area contributed by atoms with E-state index in [1.807, 2.05) is 13.1 Å². The Bertz CT molecular complexity index is 387. The average Bonchev–Trinajstić information content (AvgIpc) is 2.26. The van der Waals surface area contributed by atoms with Gasteiger partial charge >= 0.3 is 0 Å². The van der Waals surface area contributed by atoms with Gasteiger partial charge in [-0.25, -0.2) is 9.97 Å². The van der Waals surface area contributed by atoms with Crippen LogP contribution in [-0.2, 0) is 6.42 Å². The van der Waals surface area contributed by atoms with E-state index in [1.165, 1.54) is 19.3 Å². The fraction of sp³-hybridized carbons (Fsp3) is 0.714. The molecule has 1 atom stereocenters. The van der Waals surface area contributed by atoms with Crippen LogP contribution >= 0.6 is 0 Å². The van der Waals surface area contributed by atoms with Gasteiger partial charge in [-0.05, 0) is 32.1 Å². The lowest BCUT2D eigenvalue weighted by molar-refractivity contribution is 0.285. The molecule has 2 N–H and O–H groups in total. The molecule has 1 aromatic heterocycles. The summed E-state index contributed by atoms with van der Waals surface area (Å²) in [5.74, 6) is 3.59. The lowest BCUT2D eigenvalue weighted by Gasteiger charge is -2.32. The summed E-state index contributed by atoms with van der Waals surface area (Å²) < 4.78 is 0. The van der Waals surface area contributed by atoms with E-state index in [0.717, 1.165) is 36.2 Å². The Morgan fingerprint density at radius 1 is 1.33 bits per heavy atom. The molecule has 1 aliphatic carbocycles. The molecule has 2 rings (SSSR count). The van der Waals surface area contributed by atoms with Gasteiger partial charge in [-0.3, -0.25) is 0 Å². The number of anilines is 2. The lowest BCUT2D eigenvalue weighted by Crippen LogP contribution is -2.31. The number of rotatable bonds is 6. The minimum atomic E-state index is 0.507. The molecule has 0 aromatic carbocycles. The van der Waals surface area contributed by atoms with Gasteiger partial charge in [-0.1, -0.05) is 13.3 Å². The first-order valence-corrected chi connectivity index (χ1v) is 7.05. The van der Waals surface area contributed by atoms with E-state index in [9.17, 15) is 0 Å². The highest BCUT2D eigenvalue weighted by atomic mass is 15.1. The number of hydrogen-bond donors (Lipinski definition) is 2. The molecule has 0 aliphatic heterocycles. The maximum atomic E-state index is 4.59. The number of hydrogen-bond acceptors (Lipinski definition) is 4. The molecule has 100 valence electrons. The molecule has 0 radical (unpaired) electrons. The molecule has 0 bridgehead atoms. The van der Waals surface area contributed by atoms with Gasteiger partial charge in [-0.2, -0.15) is 0 Å². The van der Waals surface area contributed by atoms with E-state index >= 15 is 0 Å². The number of aryl methyl sites for hydroxylation is 1.